The Kier molecular flexibility index (Phi) is 4.98. The predicted molar refractivity (Wildman–Crippen MR) is 85.3 cm³/mol. The molecule has 2 rings (SSSR count). The van der Waals surface area contributed by atoms with E-state index in [0.717, 1.165) is 5.39 Å². The molecule has 0 spiro atoms. The molecule has 6 nitrogen and oxygen atoms in total. The van der Waals surface area contributed by atoms with Gasteiger partial charge < -0.3 is 5.11 Å². The van der Waals surface area contributed by atoms with Crippen LogP contribution in [-0.4, -0.2) is 25.5 Å². The molecule has 2 N–H and O–H groups in total. The van der Waals surface area contributed by atoms with Crippen LogP contribution < -0.4 is 4.72 Å². The third-order valence-electron chi connectivity index (χ3n) is 3.49. The lowest BCUT2D eigenvalue weighted by molar-refractivity contribution is -0.139. The van der Waals surface area contributed by atoms with Crippen molar-refractivity contribution in [2.45, 2.75) is 30.7 Å². The van der Waals surface area contributed by atoms with Gasteiger partial charge in [-0.05, 0) is 24.3 Å². The lowest BCUT2D eigenvalue weighted by atomic mass is 10.1. The highest BCUT2D eigenvalue weighted by atomic mass is 32.2. The van der Waals surface area contributed by atoms with E-state index in [-0.39, 0.29) is 17.7 Å². The van der Waals surface area contributed by atoms with E-state index >= 15 is 0 Å². The van der Waals surface area contributed by atoms with Crippen LogP contribution in [-0.2, 0) is 14.8 Å². The number of nitriles is 1. The van der Waals surface area contributed by atoms with Gasteiger partial charge in [0.1, 0.15) is 6.04 Å². The van der Waals surface area contributed by atoms with Gasteiger partial charge in [-0.25, -0.2) is 8.42 Å². The van der Waals surface area contributed by atoms with Crippen LogP contribution in [0.25, 0.3) is 10.8 Å². The standard InChI is InChI=1S/C16H16N2O4S/c1-11-8-9-12-5-2-3-6-13(12)15(11)23(21,22)18-14(16(19)20)7-4-10-17/h2-3,5-6,8-9,14,18H,4,7H2,1H3,(H,19,20). The first-order valence-corrected chi connectivity index (χ1v) is 8.45. The maximum atomic E-state index is 12.7. The second kappa shape index (κ2) is 6.77. The molecular formula is C16H16N2O4S. The Hall–Kier alpha value is -2.43. The van der Waals surface area contributed by atoms with Crippen molar-refractivity contribution in [3.8, 4) is 6.07 Å². The highest BCUT2D eigenvalue weighted by Gasteiger charge is 2.27. The molecule has 120 valence electrons. The smallest absolute Gasteiger partial charge is 0.321 e. The summed E-state index contributed by atoms with van der Waals surface area (Å²) in [7, 11) is -4.03. The summed E-state index contributed by atoms with van der Waals surface area (Å²) in [5.74, 6) is -1.30. The second-order valence-corrected chi connectivity index (χ2v) is 6.79. The van der Waals surface area contributed by atoms with E-state index in [4.69, 9.17) is 10.4 Å². The van der Waals surface area contributed by atoms with E-state index in [1.165, 1.54) is 0 Å². The molecule has 7 heteroatoms. The number of fused-ring (bicyclic) bond motifs is 1. The Balaban J connectivity index is 2.49. The van der Waals surface area contributed by atoms with Gasteiger partial charge in [-0.15, -0.1) is 0 Å². The van der Waals surface area contributed by atoms with Crippen LogP contribution in [0.2, 0.25) is 0 Å². The average Bonchev–Trinajstić information content (AvgIpc) is 2.50. The zero-order valence-electron chi connectivity index (χ0n) is 12.5. The minimum atomic E-state index is -4.03. The predicted octanol–water partition coefficient (Wildman–Crippen LogP) is 2.18. The SMILES string of the molecule is Cc1ccc2ccccc2c1S(=O)(=O)NC(CCC#N)C(=O)O. The fraction of sp³-hybridized carbons (Fsp3) is 0.250. The third-order valence-corrected chi connectivity index (χ3v) is 5.16. The Labute approximate surface area is 134 Å². The summed E-state index contributed by atoms with van der Waals surface area (Å²) >= 11 is 0. The summed E-state index contributed by atoms with van der Waals surface area (Å²) < 4.78 is 27.6. The van der Waals surface area contributed by atoms with E-state index in [0.29, 0.717) is 10.9 Å². The zero-order chi connectivity index (χ0) is 17.0. The first-order chi connectivity index (χ1) is 10.9. The van der Waals surface area contributed by atoms with Gasteiger partial charge in [-0.2, -0.15) is 9.98 Å². The lowest BCUT2D eigenvalue weighted by Gasteiger charge is -2.16. The van der Waals surface area contributed by atoms with Crippen molar-refractivity contribution in [1.29, 1.82) is 5.26 Å². The third kappa shape index (κ3) is 3.67. The second-order valence-electron chi connectivity index (χ2n) is 5.14. The van der Waals surface area contributed by atoms with Crippen molar-refractivity contribution < 1.29 is 18.3 Å². The molecule has 0 fully saturated rings. The van der Waals surface area contributed by atoms with E-state index in [9.17, 15) is 13.2 Å². The number of hydrogen-bond acceptors (Lipinski definition) is 4. The lowest BCUT2D eigenvalue weighted by Crippen LogP contribution is -2.40. The molecule has 2 aromatic carbocycles. The molecule has 0 saturated heterocycles. The van der Waals surface area contributed by atoms with E-state index in [2.05, 4.69) is 4.72 Å². The molecule has 0 saturated carbocycles. The molecule has 0 aromatic heterocycles. The number of aryl methyl sites for hydroxylation is 1. The molecule has 0 aliphatic carbocycles. The minimum absolute atomic E-state index is 0.0476. The van der Waals surface area contributed by atoms with Crippen molar-refractivity contribution in [3.63, 3.8) is 0 Å². The Morgan fingerprint density at radius 3 is 2.65 bits per heavy atom. The number of nitrogens with zero attached hydrogens (tertiary/aromatic N) is 1. The quantitative estimate of drug-likeness (QED) is 0.843. The number of sulfonamides is 1. The number of carboxylic acids is 1. The molecule has 0 aliphatic heterocycles. The van der Waals surface area contributed by atoms with Gasteiger partial charge in [0, 0.05) is 11.8 Å². The molecular weight excluding hydrogens is 316 g/mol. The van der Waals surface area contributed by atoms with Crippen molar-refractivity contribution in [2.24, 2.45) is 0 Å². The maximum Gasteiger partial charge on any atom is 0.321 e. The van der Waals surface area contributed by atoms with Crippen LogP contribution in [0.15, 0.2) is 41.3 Å². The van der Waals surface area contributed by atoms with E-state index in [1.54, 1.807) is 37.3 Å². The number of carbonyl (C=O) groups is 1. The number of benzene rings is 2. The number of nitrogens with one attached hydrogen (secondary N) is 1. The number of aliphatic carboxylic acids is 1. The molecule has 0 bridgehead atoms. The van der Waals surface area contributed by atoms with Crippen LogP contribution in [0.1, 0.15) is 18.4 Å². The van der Waals surface area contributed by atoms with Crippen LogP contribution in [0.5, 0.6) is 0 Å². The molecule has 1 unspecified atom stereocenters. The average molecular weight is 332 g/mol. The summed E-state index contributed by atoms with van der Waals surface area (Å²) in [5.41, 5.74) is 0.528. The molecule has 23 heavy (non-hydrogen) atoms. The minimum Gasteiger partial charge on any atom is -0.480 e. The molecule has 1 atom stereocenters. The van der Waals surface area contributed by atoms with Crippen molar-refractivity contribution >= 4 is 26.8 Å². The van der Waals surface area contributed by atoms with Gasteiger partial charge in [0.15, 0.2) is 0 Å². The van der Waals surface area contributed by atoms with Gasteiger partial charge in [0.05, 0.1) is 11.0 Å². The van der Waals surface area contributed by atoms with Gasteiger partial charge in [0.2, 0.25) is 10.0 Å². The van der Waals surface area contributed by atoms with Crippen LogP contribution in [0.4, 0.5) is 0 Å². The summed E-state index contributed by atoms with van der Waals surface area (Å²) in [6, 6.07) is 11.0. The summed E-state index contributed by atoms with van der Waals surface area (Å²) in [4.78, 5) is 11.3. The molecule has 0 amide bonds. The molecule has 0 radical (unpaired) electrons. The maximum absolute atomic E-state index is 12.7. The zero-order valence-corrected chi connectivity index (χ0v) is 13.3. The van der Waals surface area contributed by atoms with Crippen molar-refractivity contribution in [1.82, 2.24) is 4.72 Å². The molecule has 0 aliphatic rings. The van der Waals surface area contributed by atoms with Gasteiger partial charge in [0.25, 0.3) is 0 Å². The highest BCUT2D eigenvalue weighted by Crippen LogP contribution is 2.26. The Bertz CT molecular complexity index is 885. The van der Waals surface area contributed by atoms with E-state index < -0.39 is 22.0 Å². The highest BCUT2D eigenvalue weighted by molar-refractivity contribution is 7.89. The summed E-state index contributed by atoms with van der Waals surface area (Å²) in [6.45, 7) is 1.66. The van der Waals surface area contributed by atoms with Crippen LogP contribution >= 0.6 is 0 Å². The van der Waals surface area contributed by atoms with Gasteiger partial charge in [-0.1, -0.05) is 36.4 Å². The Morgan fingerprint density at radius 1 is 1.30 bits per heavy atom. The number of hydrogen-bond donors (Lipinski definition) is 2. The van der Waals surface area contributed by atoms with Crippen molar-refractivity contribution in [3.05, 3.63) is 42.0 Å². The first kappa shape index (κ1) is 16.9. The van der Waals surface area contributed by atoms with Crippen molar-refractivity contribution in [2.75, 3.05) is 0 Å². The fourth-order valence-electron chi connectivity index (χ4n) is 2.40. The topological polar surface area (TPSA) is 107 Å². The van der Waals surface area contributed by atoms with Gasteiger partial charge >= 0.3 is 5.97 Å². The summed E-state index contributed by atoms with van der Waals surface area (Å²) in [5, 5.41) is 19.0. The monoisotopic (exact) mass is 332 g/mol. The fourth-order valence-corrected chi connectivity index (χ4v) is 4.08. The number of rotatable bonds is 6. The van der Waals surface area contributed by atoms with Crippen LogP contribution in [0.3, 0.4) is 0 Å². The Morgan fingerprint density at radius 2 is 2.00 bits per heavy atom. The normalized spacial score (nSPS) is 12.7. The summed E-state index contributed by atoms with van der Waals surface area (Å²) in [6.07, 6.45) is -0.136. The van der Waals surface area contributed by atoms with Crippen LogP contribution in [0, 0.1) is 18.3 Å². The molecule has 0 heterocycles. The number of carboxylic acid groups (broad SMARTS) is 1. The largest absolute Gasteiger partial charge is 0.480 e. The van der Waals surface area contributed by atoms with E-state index in [1.807, 2.05) is 12.1 Å². The first-order valence-electron chi connectivity index (χ1n) is 6.97. The van der Waals surface area contributed by atoms with Gasteiger partial charge in [-0.3, -0.25) is 4.79 Å². The molecule has 2 aromatic rings.